The molecule has 9 heteroatoms. The standard InChI is InChI=1S/C28H36F2N2O5/c1-18-22-9-11-31(27(33)37-28(2,3)4)10-8-19(22)14-25-26(18)32(12-13-35-25)16-21(17-34-5)36-24-7-6-20(29)15-23(24)30/h6-7,14-15,21H,8-13,16-17H2,1-5H3. The number of rotatable bonds is 6. The Labute approximate surface area is 217 Å². The summed E-state index contributed by atoms with van der Waals surface area (Å²) in [4.78, 5) is 16.6. The molecule has 0 fully saturated rings. The fourth-order valence-electron chi connectivity index (χ4n) is 4.95. The number of amides is 1. The highest BCUT2D eigenvalue weighted by Gasteiger charge is 2.30. The number of benzene rings is 2. The van der Waals surface area contributed by atoms with Crippen molar-refractivity contribution in [1.29, 1.82) is 0 Å². The van der Waals surface area contributed by atoms with Gasteiger partial charge in [-0.2, -0.15) is 0 Å². The number of carbonyl (C=O) groups is 1. The van der Waals surface area contributed by atoms with E-state index in [1.54, 1.807) is 12.0 Å². The summed E-state index contributed by atoms with van der Waals surface area (Å²) in [5.41, 5.74) is 3.90. The summed E-state index contributed by atoms with van der Waals surface area (Å²) in [6.45, 7) is 10.6. The average molecular weight is 519 g/mol. The highest BCUT2D eigenvalue weighted by Crippen LogP contribution is 2.40. The van der Waals surface area contributed by atoms with Crippen molar-refractivity contribution in [3.63, 3.8) is 0 Å². The van der Waals surface area contributed by atoms with Crippen LogP contribution >= 0.6 is 0 Å². The van der Waals surface area contributed by atoms with E-state index in [1.165, 1.54) is 23.3 Å². The molecular weight excluding hydrogens is 482 g/mol. The Hall–Kier alpha value is -3.07. The molecule has 0 bridgehead atoms. The molecule has 37 heavy (non-hydrogen) atoms. The average Bonchev–Trinajstić information content (AvgIpc) is 3.03. The molecule has 0 saturated carbocycles. The van der Waals surface area contributed by atoms with Crippen molar-refractivity contribution in [1.82, 2.24) is 4.90 Å². The van der Waals surface area contributed by atoms with Gasteiger partial charge in [0.15, 0.2) is 11.6 Å². The maximum absolute atomic E-state index is 14.3. The van der Waals surface area contributed by atoms with Crippen molar-refractivity contribution in [2.24, 2.45) is 0 Å². The number of nitrogens with zero attached hydrogens (tertiary/aromatic N) is 2. The van der Waals surface area contributed by atoms with E-state index in [0.717, 1.165) is 23.1 Å². The van der Waals surface area contributed by atoms with Gasteiger partial charge in [0.2, 0.25) is 0 Å². The number of hydrogen-bond acceptors (Lipinski definition) is 6. The molecule has 1 unspecified atom stereocenters. The van der Waals surface area contributed by atoms with Crippen molar-refractivity contribution in [3.05, 3.63) is 52.6 Å². The van der Waals surface area contributed by atoms with Crippen LogP contribution in [0.15, 0.2) is 24.3 Å². The molecule has 2 aromatic carbocycles. The number of methoxy groups -OCH3 is 1. The second kappa shape index (κ2) is 11.1. The number of hydrogen-bond donors (Lipinski definition) is 0. The lowest BCUT2D eigenvalue weighted by atomic mass is 9.94. The van der Waals surface area contributed by atoms with Crippen LogP contribution in [0, 0.1) is 18.6 Å². The molecule has 0 aromatic heterocycles. The fraction of sp³-hybridized carbons (Fsp3) is 0.536. The Bertz CT molecular complexity index is 1130. The van der Waals surface area contributed by atoms with E-state index in [4.69, 9.17) is 18.9 Å². The van der Waals surface area contributed by atoms with Gasteiger partial charge in [0.25, 0.3) is 0 Å². The van der Waals surface area contributed by atoms with Gasteiger partial charge >= 0.3 is 6.09 Å². The molecule has 0 spiro atoms. The van der Waals surface area contributed by atoms with Crippen LogP contribution in [0.2, 0.25) is 0 Å². The first-order valence-electron chi connectivity index (χ1n) is 12.7. The Morgan fingerprint density at radius 2 is 1.89 bits per heavy atom. The molecule has 4 rings (SSSR count). The molecule has 1 amide bonds. The van der Waals surface area contributed by atoms with Gasteiger partial charge in [0, 0.05) is 26.3 Å². The topological polar surface area (TPSA) is 60.5 Å². The molecule has 2 aliphatic rings. The first-order valence-corrected chi connectivity index (χ1v) is 12.7. The second-order valence-corrected chi connectivity index (χ2v) is 10.5. The molecule has 2 aliphatic heterocycles. The zero-order valence-corrected chi connectivity index (χ0v) is 22.2. The van der Waals surface area contributed by atoms with E-state index < -0.39 is 23.3 Å². The lowest BCUT2D eigenvalue weighted by Gasteiger charge is -2.36. The second-order valence-electron chi connectivity index (χ2n) is 10.5. The minimum Gasteiger partial charge on any atom is -0.490 e. The Kier molecular flexibility index (Phi) is 8.11. The van der Waals surface area contributed by atoms with Crippen molar-refractivity contribution in [2.45, 2.75) is 52.2 Å². The summed E-state index contributed by atoms with van der Waals surface area (Å²) >= 11 is 0. The summed E-state index contributed by atoms with van der Waals surface area (Å²) in [5.74, 6) is -0.633. The van der Waals surface area contributed by atoms with Gasteiger partial charge in [-0.3, -0.25) is 0 Å². The molecule has 202 valence electrons. The summed E-state index contributed by atoms with van der Waals surface area (Å²) in [6.07, 6.45) is 0.635. The summed E-state index contributed by atoms with van der Waals surface area (Å²) in [7, 11) is 1.56. The summed E-state index contributed by atoms with van der Waals surface area (Å²) < 4.78 is 50.5. The molecule has 0 aliphatic carbocycles. The van der Waals surface area contributed by atoms with Crippen LogP contribution in [0.5, 0.6) is 11.5 Å². The normalized spacial score (nSPS) is 16.3. The zero-order chi connectivity index (χ0) is 26.7. The quantitative estimate of drug-likeness (QED) is 0.542. The van der Waals surface area contributed by atoms with E-state index in [1.807, 2.05) is 20.8 Å². The molecule has 1 atom stereocenters. The minimum atomic E-state index is -0.750. The van der Waals surface area contributed by atoms with Gasteiger partial charge < -0.3 is 28.7 Å². The van der Waals surface area contributed by atoms with Crippen LogP contribution in [0.3, 0.4) is 0 Å². The number of ether oxygens (including phenoxy) is 4. The Morgan fingerprint density at radius 3 is 2.59 bits per heavy atom. The van der Waals surface area contributed by atoms with Gasteiger partial charge in [-0.15, -0.1) is 0 Å². The summed E-state index contributed by atoms with van der Waals surface area (Å²) in [5, 5.41) is 0. The predicted molar refractivity (Wildman–Crippen MR) is 137 cm³/mol. The van der Waals surface area contributed by atoms with Crippen molar-refractivity contribution in [3.8, 4) is 11.5 Å². The van der Waals surface area contributed by atoms with Gasteiger partial charge in [-0.05, 0) is 75.4 Å². The molecule has 0 saturated heterocycles. The maximum atomic E-state index is 14.3. The van der Waals surface area contributed by atoms with Crippen molar-refractivity contribution < 1.29 is 32.5 Å². The van der Waals surface area contributed by atoms with E-state index in [0.29, 0.717) is 45.6 Å². The molecular formula is C28H36F2N2O5. The van der Waals surface area contributed by atoms with Crippen LogP contribution in [-0.4, -0.2) is 69.2 Å². The van der Waals surface area contributed by atoms with Gasteiger partial charge in [-0.25, -0.2) is 13.6 Å². The van der Waals surface area contributed by atoms with Crippen molar-refractivity contribution in [2.75, 3.05) is 51.4 Å². The van der Waals surface area contributed by atoms with Crippen molar-refractivity contribution >= 4 is 11.8 Å². The van der Waals surface area contributed by atoms with Gasteiger partial charge in [-0.1, -0.05) is 0 Å². The zero-order valence-electron chi connectivity index (χ0n) is 22.2. The van der Waals surface area contributed by atoms with E-state index in [9.17, 15) is 13.6 Å². The SMILES string of the molecule is COCC(CN1CCOc2cc3c(c(C)c21)CCN(C(=O)OC(C)(C)C)CC3)Oc1ccc(F)cc1F. The van der Waals surface area contributed by atoms with Crippen LogP contribution in [0.4, 0.5) is 19.3 Å². The highest BCUT2D eigenvalue weighted by molar-refractivity contribution is 5.71. The molecule has 2 aromatic rings. The number of fused-ring (bicyclic) bond motifs is 2. The van der Waals surface area contributed by atoms with Gasteiger partial charge in [0.05, 0.1) is 25.4 Å². The first kappa shape index (κ1) is 27.0. The van der Waals surface area contributed by atoms with E-state index in [2.05, 4.69) is 17.9 Å². The third-order valence-corrected chi connectivity index (χ3v) is 6.57. The number of halogens is 2. The third kappa shape index (κ3) is 6.44. The first-order chi connectivity index (χ1) is 17.6. The smallest absolute Gasteiger partial charge is 0.410 e. The van der Waals surface area contributed by atoms with Crippen LogP contribution in [-0.2, 0) is 22.3 Å². The lowest BCUT2D eigenvalue weighted by molar-refractivity contribution is 0.0258. The molecule has 0 radical (unpaired) electrons. The number of anilines is 1. The maximum Gasteiger partial charge on any atom is 0.410 e. The van der Waals surface area contributed by atoms with E-state index in [-0.39, 0.29) is 18.4 Å². The number of carbonyl (C=O) groups excluding carboxylic acids is 1. The largest absolute Gasteiger partial charge is 0.490 e. The Morgan fingerprint density at radius 1 is 1.14 bits per heavy atom. The monoisotopic (exact) mass is 518 g/mol. The summed E-state index contributed by atoms with van der Waals surface area (Å²) in [6, 6.07) is 5.35. The Balaban J connectivity index is 1.55. The van der Waals surface area contributed by atoms with E-state index >= 15 is 0 Å². The highest BCUT2D eigenvalue weighted by atomic mass is 19.1. The molecule has 0 N–H and O–H groups in total. The third-order valence-electron chi connectivity index (χ3n) is 6.57. The van der Waals surface area contributed by atoms with Crippen LogP contribution in [0.25, 0.3) is 0 Å². The van der Waals surface area contributed by atoms with Crippen LogP contribution in [0.1, 0.15) is 37.5 Å². The van der Waals surface area contributed by atoms with Gasteiger partial charge in [0.1, 0.15) is 29.9 Å². The van der Waals surface area contributed by atoms with Crippen LogP contribution < -0.4 is 14.4 Å². The molecule has 7 nitrogen and oxygen atoms in total. The predicted octanol–water partition coefficient (Wildman–Crippen LogP) is 4.90. The fourth-order valence-corrected chi connectivity index (χ4v) is 4.95. The lowest BCUT2D eigenvalue weighted by Crippen LogP contribution is -2.43. The molecule has 2 heterocycles. The minimum absolute atomic E-state index is 0.0159.